The van der Waals surface area contributed by atoms with E-state index in [2.05, 4.69) is 16.1 Å². The van der Waals surface area contributed by atoms with Crippen molar-refractivity contribution in [2.45, 2.75) is 76.7 Å². The summed E-state index contributed by atoms with van der Waals surface area (Å²) in [5, 5.41) is 0. The molecule has 0 spiro atoms. The molecule has 4 heteroatoms. The van der Waals surface area contributed by atoms with Crippen LogP contribution >= 0.6 is 0 Å². The van der Waals surface area contributed by atoms with Gasteiger partial charge < -0.3 is 0 Å². The molecule has 0 saturated carbocycles. The van der Waals surface area contributed by atoms with Gasteiger partial charge in [0.15, 0.2) is 0 Å². The molecule has 1 atom stereocenters. The first kappa shape index (κ1) is 16.6. The lowest BCUT2D eigenvalue weighted by Crippen LogP contribution is -2.13. The molecule has 0 aliphatic heterocycles. The van der Waals surface area contributed by atoms with Crippen molar-refractivity contribution in [2.24, 2.45) is 9.98 Å². The molecule has 0 aromatic carbocycles. The lowest BCUT2D eigenvalue weighted by atomic mass is 9.86. The second-order valence-corrected chi connectivity index (χ2v) is 6.08. The van der Waals surface area contributed by atoms with Crippen LogP contribution in [0.1, 0.15) is 70.6 Å². The second-order valence-electron chi connectivity index (χ2n) is 6.08. The summed E-state index contributed by atoms with van der Waals surface area (Å²) in [6.45, 7) is 0. The molecule has 0 heterocycles. The van der Waals surface area contributed by atoms with Crippen LogP contribution in [0.2, 0.25) is 0 Å². The van der Waals surface area contributed by atoms with Gasteiger partial charge in [0.25, 0.3) is 0 Å². The predicted octanol–water partition coefficient (Wildman–Crippen LogP) is 4.53. The Labute approximate surface area is 132 Å². The van der Waals surface area contributed by atoms with Crippen LogP contribution in [0, 0.1) is 0 Å². The smallest absolute Gasteiger partial charge is 0.211 e. The number of hydrogen-bond acceptors (Lipinski definition) is 4. The van der Waals surface area contributed by atoms with Gasteiger partial charge in [0, 0.05) is 0 Å². The molecule has 0 aromatic rings. The van der Waals surface area contributed by atoms with Crippen LogP contribution in [-0.4, -0.2) is 18.2 Å². The topological polar surface area (TPSA) is 58.9 Å². The summed E-state index contributed by atoms with van der Waals surface area (Å²) in [6, 6.07) is -0.333. The van der Waals surface area contributed by atoms with Crippen LogP contribution in [0.15, 0.2) is 32.9 Å². The van der Waals surface area contributed by atoms with Crippen LogP contribution in [0.4, 0.5) is 0 Å². The van der Waals surface area contributed by atoms with Gasteiger partial charge in [-0.05, 0) is 56.1 Å². The average Bonchev–Trinajstić information content (AvgIpc) is 2.47. The molecule has 118 valence electrons. The lowest BCUT2D eigenvalue weighted by molar-refractivity contribution is 0.534. The van der Waals surface area contributed by atoms with E-state index in [-0.39, 0.29) is 6.04 Å². The lowest BCUT2D eigenvalue weighted by Gasteiger charge is -2.22. The Bertz CT molecular complexity index is 535. The maximum Gasteiger partial charge on any atom is 0.240 e. The summed E-state index contributed by atoms with van der Waals surface area (Å²) in [5.74, 6) is 0. The van der Waals surface area contributed by atoms with Crippen molar-refractivity contribution in [1.29, 1.82) is 0 Å². The van der Waals surface area contributed by atoms with Gasteiger partial charge in [-0.25, -0.2) is 9.59 Å². The SMILES string of the molecule is O=C=NC1=C(C2=CCCCCCC2)CCCCCC1N=C=O. The number of aliphatic imine (C=N–C) groups is 2. The van der Waals surface area contributed by atoms with Gasteiger partial charge in [0.05, 0.1) is 5.70 Å². The van der Waals surface area contributed by atoms with E-state index in [4.69, 9.17) is 0 Å². The molecule has 4 nitrogen and oxygen atoms in total. The zero-order chi connectivity index (χ0) is 15.6. The van der Waals surface area contributed by atoms with Gasteiger partial charge in [-0.3, -0.25) is 0 Å². The third-order valence-corrected chi connectivity index (χ3v) is 4.58. The summed E-state index contributed by atoms with van der Waals surface area (Å²) in [5.41, 5.74) is 3.10. The van der Waals surface area contributed by atoms with Crippen LogP contribution in [0.3, 0.4) is 0 Å². The monoisotopic (exact) mass is 300 g/mol. The van der Waals surface area contributed by atoms with E-state index in [1.807, 2.05) is 0 Å². The Kier molecular flexibility index (Phi) is 7.02. The molecule has 0 N–H and O–H groups in total. The number of isocyanates is 2. The van der Waals surface area contributed by atoms with E-state index in [0.717, 1.165) is 50.5 Å². The fourth-order valence-corrected chi connectivity index (χ4v) is 3.45. The minimum Gasteiger partial charge on any atom is -0.211 e. The standard InChI is InChI=1S/C18H24N2O2/c21-13-19-17-12-8-4-7-11-16(18(17)20-14-22)15-9-5-2-1-3-6-10-15/h9,17H,1-8,10-12H2. The second kappa shape index (κ2) is 9.30. The summed E-state index contributed by atoms with van der Waals surface area (Å²) >= 11 is 0. The zero-order valence-corrected chi connectivity index (χ0v) is 13.1. The van der Waals surface area contributed by atoms with Gasteiger partial charge in [-0.15, -0.1) is 0 Å². The highest BCUT2D eigenvalue weighted by molar-refractivity contribution is 5.46. The minimum atomic E-state index is -0.333. The Morgan fingerprint density at radius 1 is 0.909 bits per heavy atom. The molecular formula is C18H24N2O2. The van der Waals surface area contributed by atoms with E-state index < -0.39 is 0 Å². The summed E-state index contributed by atoms with van der Waals surface area (Å²) < 4.78 is 0. The Morgan fingerprint density at radius 3 is 2.50 bits per heavy atom. The fourth-order valence-electron chi connectivity index (χ4n) is 3.45. The number of carbonyl (C=O) groups excluding carboxylic acids is 2. The third kappa shape index (κ3) is 4.62. The molecular weight excluding hydrogens is 276 g/mol. The van der Waals surface area contributed by atoms with Crippen molar-refractivity contribution in [1.82, 2.24) is 0 Å². The molecule has 2 aliphatic rings. The van der Waals surface area contributed by atoms with Crippen LogP contribution < -0.4 is 0 Å². The van der Waals surface area contributed by atoms with Crippen molar-refractivity contribution in [3.05, 3.63) is 22.9 Å². The van der Waals surface area contributed by atoms with E-state index in [9.17, 15) is 9.59 Å². The molecule has 0 saturated heterocycles. The molecule has 1 unspecified atom stereocenters. The largest absolute Gasteiger partial charge is 0.240 e. The fraction of sp³-hybridized carbons (Fsp3) is 0.667. The summed E-state index contributed by atoms with van der Waals surface area (Å²) in [6.07, 6.45) is 17.6. The predicted molar refractivity (Wildman–Crippen MR) is 85.9 cm³/mol. The van der Waals surface area contributed by atoms with Crippen LogP contribution in [-0.2, 0) is 9.59 Å². The van der Waals surface area contributed by atoms with Crippen molar-refractivity contribution in [2.75, 3.05) is 0 Å². The molecule has 2 aliphatic carbocycles. The van der Waals surface area contributed by atoms with Gasteiger partial charge in [0.2, 0.25) is 12.2 Å². The van der Waals surface area contributed by atoms with E-state index in [1.54, 1.807) is 12.2 Å². The Balaban J connectivity index is 2.45. The maximum absolute atomic E-state index is 10.9. The number of hydrogen-bond donors (Lipinski definition) is 0. The van der Waals surface area contributed by atoms with Crippen LogP contribution in [0.25, 0.3) is 0 Å². The highest BCUT2D eigenvalue weighted by Crippen LogP contribution is 2.34. The normalized spacial score (nSPS) is 23.8. The maximum atomic E-state index is 10.9. The van der Waals surface area contributed by atoms with Gasteiger partial charge >= 0.3 is 0 Å². The summed E-state index contributed by atoms with van der Waals surface area (Å²) in [4.78, 5) is 29.5. The van der Waals surface area contributed by atoms with Crippen molar-refractivity contribution in [3.8, 4) is 0 Å². The third-order valence-electron chi connectivity index (χ3n) is 4.58. The first-order valence-corrected chi connectivity index (χ1v) is 8.44. The van der Waals surface area contributed by atoms with Crippen molar-refractivity contribution in [3.63, 3.8) is 0 Å². The number of nitrogens with zero attached hydrogens (tertiary/aromatic N) is 2. The highest BCUT2D eigenvalue weighted by Gasteiger charge is 2.22. The molecule has 0 bridgehead atoms. The van der Waals surface area contributed by atoms with E-state index in [0.29, 0.717) is 5.70 Å². The molecule has 22 heavy (non-hydrogen) atoms. The van der Waals surface area contributed by atoms with E-state index >= 15 is 0 Å². The van der Waals surface area contributed by atoms with Crippen molar-refractivity contribution < 1.29 is 9.59 Å². The summed E-state index contributed by atoms with van der Waals surface area (Å²) in [7, 11) is 0. The molecule has 0 radical (unpaired) electrons. The molecule has 2 rings (SSSR count). The Morgan fingerprint density at radius 2 is 1.68 bits per heavy atom. The molecule has 0 fully saturated rings. The van der Waals surface area contributed by atoms with Gasteiger partial charge in [-0.1, -0.05) is 31.8 Å². The first-order chi connectivity index (χ1) is 10.9. The van der Waals surface area contributed by atoms with Crippen molar-refractivity contribution >= 4 is 12.2 Å². The first-order valence-electron chi connectivity index (χ1n) is 8.44. The van der Waals surface area contributed by atoms with Crippen LogP contribution in [0.5, 0.6) is 0 Å². The number of rotatable bonds is 3. The Hall–Kier alpha value is -1.76. The average molecular weight is 300 g/mol. The molecule has 0 aromatic heterocycles. The minimum absolute atomic E-state index is 0.333. The van der Waals surface area contributed by atoms with Gasteiger partial charge in [0.1, 0.15) is 6.04 Å². The zero-order valence-electron chi connectivity index (χ0n) is 13.1. The highest BCUT2D eigenvalue weighted by atomic mass is 16.1. The van der Waals surface area contributed by atoms with E-state index in [1.165, 1.54) is 31.3 Å². The van der Waals surface area contributed by atoms with Gasteiger partial charge in [-0.2, -0.15) is 9.98 Å². The number of allylic oxidation sites excluding steroid dienone is 3. The quantitative estimate of drug-likeness (QED) is 0.568. The molecule has 0 amide bonds.